The second kappa shape index (κ2) is 8.35. The van der Waals surface area contributed by atoms with Crippen molar-refractivity contribution in [3.8, 4) is 17.5 Å². The molecule has 4 rings (SSSR count). The molecule has 1 fully saturated rings. The van der Waals surface area contributed by atoms with Crippen molar-refractivity contribution in [2.45, 2.75) is 19.1 Å². The summed E-state index contributed by atoms with van der Waals surface area (Å²) in [4.78, 5) is 12.9. The van der Waals surface area contributed by atoms with Crippen LogP contribution in [0, 0.1) is 11.3 Å². The van der Waals surface area contributed by atoms with E-state index in [-0.39, 0.29) is 17.4 Å². The number of hydrogen-bond donors (Lipinski definition) is 0. The predicted octanol–water partition coefficient (Wildman–Crippen LogP) is 3.91. The molecular formula is C21H19F3N6O. The molecule has 1 unspecified atom stereocenters. The summed E-state index contributed by atoms with van der Waals surface area (Å²) >= 11 is 0. The second-order valence-electron chi connectivity index (χ2n) is 7.22. The number of aromatic nitrogens is 3. The molecule has 0 radical (unpaired) electrons. The molecule has 3 aromatic rings. The summed E-state index contributed by atoms with van der Waals surface area (Å²) in [7, 11) is 0. The quantitative estimate of drug-likeness (QED) is 0.623. The molecule has 1 saturated heterocycles. The van der Waals surface area contributed by atoms with Gasteiger partial charge >= 0.3 is 6.18 Å². The molecular weight excluding hydrogens is 409 g/mol. The van der Waals surface area contributed by atoms with E-state index in [9.17, 15) is 18.4 Å². The number of halogens is 3. The van der Waals surface area contributed by atoms with Crippen LogP contribution in [0.4, 0.5) is 19.0 Å². The van der Waals surface area contributed by atoms with Crippen LogP contribution in [0.2, 0.25) is 0 Å². The van der Waals surface area contributed by atoms with Crippen molar-refractivity contribution in [1.29, 1.82) is 5.26 Å². The molecule has 10 heteroatoms. The van der Waals surface area contributed by atoms with Crippen LogP contribution in [0.5, 0.6) is 0 Å². The van der Waals surface area contributed by atoms with Crippen molar-refractivity contribution >= 4 is 5.82 Å². The smallest absolute Gasteiger partial charge is 0.353 e. The molecule has 1 aromatic carbocycles. The van der Waals surface area contributed by atoms with E-state index in [2.05, 4.69) is 31.0 Å². The van der Waals surface area contributed by atoms with E-state index in [0.717, 1.165) is 12.1 Å². The lowest BCUT2D eigenvalue weighted by molar-refractivity contribution is -0.137. The molecule has 0 saturated carbocycles. The normalized spacial score (nSPS) is 16.2. The van der Waals surface area contributed by atoms with Crippen LogP contribution in [0.25, 0.3) is 11.4 Å². The van der Waals surface area contributed by atoms with Gasteiger partial charge in [0.1, 0.15) is 11.9 Å². The Bertz CT molecular complexity index is 1100. The van der Waals surface area contributed by atoms with Gasteiger partial charge in [0.2, 0.25) is 11.7 Å². The molecule has 0 bridgehead atoms. The van der Waals surface area contributed by atoms with Crippen molar-refractivity contribution in [3.63, 3.8) is 0 Å². The fraction of sp³-hybridized carbons (Fsp3) is 0.333. The number of piperazine rings is 1. The van der Waals surface area contributed by atoms with Gasteiger partial charge in [0.15, 0.2) is 0 Å². The van der Waals surface area contributed by atoms with Gasteiger partial charge in [0, 0.05) is 37.9 Å². The Morgan fingerprint density at radius 3 is 2.61 bits per heavy atom. The van der Waals surface area contributed by atoms with E-state index in [4.69, 9.17) is 4.52 Å². The molecule has 1 aliphatic heterocycles. The number of rotatable bonds is 4. The van der Waals surface area contributed by atoms with E-state index < -0.39 is 11.7 Å². The SMILES string of the molecule is CC(c1nc(-c2cccc(C(F)(F)F)c2)no1)N1CCN(c2ncccc2C#N)CC1. The number of benzene rings is 1. The minimum absolute atomic E-state index is 0.124. The van der Waals surface area contributed by atoms with E-state index in [1.165, 1.54) is 12.1 Å². The monoisotopic (exact) mass is 428 g/mol. The van der Waals surface area contributed by atoms with Gasteiger partial charge in [-0.2, -0.15) is 23.4 Å². The van der Waals surface area contributed by atoms with Crippen molar-refractivity contribution < 1.29 is 17.7 Å². The predicted molar refractivity (Wildman–Crippen MR) is 106 cm³/mol. The van der Waals surface area contributed by atoms with Crippen LogP contribution < -0.4 is 4.90 Å². The Kier molecular flexibility index (Phi) is 5.61. The van der Waals surface area contributed by atoms with Crippen molar-refractivity contribution in [2.24, 2.45) is 0 Å². The lowest BCUT2D eigenvalue weighted by atomic mass is 10.1. The Labute approximate surface area is 176 Å². The third kappa shape index (κ3) is 4.36. The highest BCUT2D eigenvalue weighted by Crippen LogP contribution is 2.32. The zero-order valence-corrected chi connectivity index (χ0v) is 16.7. The number of nitrogens with zero attached hydrogens (tertiary/aromatic N) is 6. The van der Waals surface area contributed by atoms with Gasteiger partial charge in [-0.15, -0.1) is 0 Å². The lowest BCUT2D eigenvalue weighted by Crippen LogP contribution is -2.47. The number of anilines is 1. The van der Waals surface area contributed by atoms with Gasteiger partial charge in [-0.3, -0.25) is 4.90 Å². The van der Waals surface area contributed by atoms with Gasteiger partial charge in [-0.1, -0.05) is 17.3 Å². The Morgan fingerprint density at radius 1 is 1.13 bits per heavy atom. The average Bonchev–Trinajstić information content (AvgIpc) is 3.28. The van der Waals surface area contributed by atoms with Gasteiger partial charge in [-0.05, 0) is 31.2 Å². The van der Waals surface area contributed by atoms with Gasteiger partial charge in [0.05, 0.1) is 17.2 Å². The first-order valence-electron chi connectivity index (χ1n) is 9.72. The van der Waals surface area contributed by atoms with E-state index >= 15 is 0 Å². The summed E-state index contributed by atoms with van der Waals surface area (Å²) in [5, 5.41) is 13.2. The third-order valence-corrected chi connectivity index (χ3v) is 5.32. The second-order valence-corrected chi connectivity index (χ2v) is 7.22. The van der Waals surface area contributed by atoms with Crippen LogP contribution in [0.15, 0.2) is 47.1 Å². The van der Waals surface area contributed by atoms with Crippen LogP contribution in [-0.4, -0.2) is 46.2 Å². The van der Waals surface area contributed by atoms with Gasteiger partial charge in [-0.25, -0.2) is 4.98 Å². The Balaban J connectivity index is 1.44. The zero-order chi connectivity index (χ0) is 22.0. The minimum Gasteiger partial charge on any atom is -0.353 e. The standard InChI is InChI=1S/C21H19F3N6O/c1-14(29-8-10-30(11-9-29)19-16(13-25)5-3-7-26-19)20-27-18(28-31-20)15-4-2-6-17(12-15)21(22,23)24/h2-7,12,14H,8-11H2,1H3. The number of alkyl halides is 3. The maximum absolute atomic E-state index is 13.0. The fourth-order valence-corrected chi connectivity index (χ4v) is 3.57. The van der Waals surface area contributed by atoms with Crippen molar-refractivity contribution in [1.82, 2.24) is 20.0 Å². The highest BCUT2D eigenvalue weighted by Gasteiger charge is 2.31. The molecule has 0 spiro atoms. The first-order valence-corrected chi connectivity index (χ1v) is 9.72. The summed E-state index contributed by atoms with van der Waals surface area (Å²) in [6.45, 7) is 4.63. The maximum Gasteiger partial charge on any atom is 0.416 e. The Hall–Kier alpha value is -3.45. The highest BCUT2D eigenvalue weighted by atomic mass is 19.4. The molecule has 7 nitrogen and oxygen atoms in total. The topological polar surface area (TPSA) is 82.1 Å². The van der Waals surface area contributed by atoms with Crippen molar-refractivity contribution in [3.05, 3.63) is 59.6 Å². The van der Waals surface area contributed by atoms with Gasteiger partial charge < -0.3 is 9.42 Å². The van der Waals surface area contributed by atoms with Gasteiger partial charge in [0.25, 0.3) is 0 Å². The first-order chi connectivity index (χ1) is 14.9. The fourth-order valence-electron chi connectivity index (χ4n) is 3.57. The average molecular weight is 428 g/mol. The van der Waals surface area contributed by atoms with Crippen LogP contribution >= 0.6 is 0 Å². The molecule has 1 atom stereocenters. The van der Waals surface area contributed by atoms with Crippen LogP contribution in [-0.2, 0) is 6.18 Å². The maximum atomic E-state index is 13.0. The van der Waals surface area contributed by atoms with Crippen LogP contribution in [0.1, 0.15) is 30.0 Å². The summed E-state index contributed by atoms with van der Waals surface area (Å²) in [5.74, 6) is 1.14. The molecule has 0 N–H and O–H groups in total. The van der Waals surface area contributed by atoms with Crippen LogP contribution in [0.3, 0.4) is 0 Å². The van der Waals surface area contributed by atoms with E-state index in [1.54, 1.807) is 18.3 Å². The molecule has 2 aromatic heterocycles. The molecule has 3 heterocycles. The minimum atomic E-state index is -4.44. The van der Waals surface area contributed by atoms with Crippen molar-refractivity contribution in [2.75, 3.05) is 31.1 Å². The largest absolute Gasteiger partial charge is 0.416 e. The summed E-state index contributed by atoms with van der Waals surface area (Å²) in [6.07, 6.45) is -2.77. The zero-order valence-electron chi connectivity index (χ0n) is 16.7. The Morgan fingerprint density at radius 2 is 1.90 bits per heavy atom. The molecule has 160 valence electrons. The number of nitriles is 1. The third-order valence-electron chi connectivity index (χ3n) is 5.32. The lowest BCUT2D eigenvalue weighted by Gasteiger charge is -2.37. The summed E-state index contributed by atoms with van der Waals surface area (Å²) < 4.78 is 44.2. The van der Waals surface area contributed by atoms with E-state index in [0.29, 0.717) is 43.5 Å². The molecule has 31 heavy (non-hydrogen) atoms. The molecule has 0 aliphatic carbocycles. The summed E-state index contributed by atoms with van der Waals surface area (Å²) in [6, 6.07) is 10.3. The number of hydrogen-bond acceptors (Lipinski definition) is 7. The number of pyridine rings is 1. The first kappa shape index (κ1) is 20.8. The van der Waals surface area contributed by atoms with E-state index in [1.807, 2.05) is 6.92 Å². The molecule has 1 aliphatic rings. The highest BCUT2D eigenvalue weighted by molar-refractivity contribution is 5.56. The summed E-state index contributed by atoms with van der Waals surface area (Å²) in [5.41, 5.74) is 0.0273. The molecule has 0 amide bonds.